The molecule has 0 radical (unpaired) electrons. The van der Waals surface area contributed by atoms with Crippen molar-refractivity contribution in [3.05, 3.63) is 0 Å². The van der Waals surface area contributed by atoms with Crippen molar-refractivity contribution in [3.63, 3.8) is 0 Å². The monoisotopic (exact) mass is 185 g/mol. The molecule has 0 unspecified atom stereocenters. The van der Waals surface area contributed by atoms with Crippen LogP contribution in [0.1, 0.15) is 27.7 Å². The molecule has 1 saturated heterocycles. The molecule has 78 valence electrons. The molecule has 1 rings (SSSR count). The number of hydrogen-bond acceptors (Lipinski definition) is 2. The van der Waals surface area contributed by atoms with Gasteiger partial charge in [0.25, 0.3) is 0 Å². The zero-order valence-electron chi connectivity index (χ0n) is 9.68. The standard InChI is InChI=1S/C11H23NO/c1-10(2,3)8-13-9-11(4)6-12(5)7-11/h6-9H2,1-5H3. The van der Waals surface area contributed by atoms with Crippen molar-refractivity contribution in [2.75, 3.05) is 33.4 Å². The zero-order valence-corrected chi connectivity index (χ0v) is 9.68. The van der Waals surface area contributed by atoms with Gasteiger partial charge in [0.05, 0.1) is 13.2 Å². The molecule has 0 saturated carbocycles. The highest BCUT2D eigenvalue weighted by Gasteiger charge is 2.36. The first-order valence-electron chi connectivity index (χ1n) is 5.07. The molecule has 0 bridgehead atoms. The molecule has 0 spiro atoms. The van der Waals surface area contributed by atoms with Crippen molar-refractivity contribution < 1.29 is 4.74 Å². The highest BCUT2D eigenvalue weighted by atomic mass is 16.5. The Bertz CT molecular complexity index is 165. The molecule has 0 amide bonds. The summed E-state index contributed by atoms with van der Waals surface area (Å²) in [7, 11) is 2.16. The van der Waals surface area contributed by atoms with Crippen LogP contribution in [0.5, 0.6) is 0 Å². The van der Waals surface area contributed by atoms with E-state index in [-0.39, 0.29) is 0 Å². The topological polar surface area (TPSA) is 12.5 Å². The fourth-order valence-electron chi connectivity index (χ4n) is 1.95. The van der Waals surface area contributed by atoms with Crippen LogP contribution in [0.2, 0.25) is 0 Å². The van der Waals surface area contributed by atoms with E-state index in [9.17, 15) is 0 Å². The lowest BCUT2D eigenvalue weighted by Crippen LogP contribution is -2.55. The van der Waals surface area contributed by atoms with E-state index in [0.717, 1.165) is 13.2 Å². The highest BCUT2D eigenvalue weighted by molar-refractivity contribution is 4.89. The molecule has 2 heteroatoms. The smallest absolute Gasteiger partial charge is 0.0544 e. The number of nitrogens with zero attached hydrogens (tertiary/aromatic N) is 1. The Morgan fingerprint density at radius 1 is 1.31 bits per heavy atom. The minimum atomic E-state index is 0.298. The van der Waals surface area contributed by atoms with Crippen LogP contribution in [0.4, 0.5) is 0 Å². The van der Waals surface area contributed by atoms with Gasteiger partial charge in [-0.25, -0.2) is 0 Å². The molecule has 1 fully saturated rings. The van der Waals surface area contributed by atoms with E-state index in [1.165, 1.54) is 13.1 Å². The summed E-state index contributed by atoms with van der Waals surface area (Å²) in [6, 6.07) is 0. The van der Waals surface area contributed by atoms with E-state index in [4.69, 9.17) is 4.74 Å². The first kappa shape index (κ1) is 11.0. The molecule has 0 aliphatic carbocycles. The summed E-state index contributed by atoms with van der Waals surface area (Å²) in [5.74, 6) is 0. The summed E-state index contributed by atoms with van der Waals surface area (Å²) >= 11 is 0. The summed E-state index contributed by atoms with van der Waals surface area (Å²) in [5.41, 5.74) is 0.714. The van der Waals surface area contributed by atoms with Gasteiger partial charge in [0, 0.05) is 18.5 Å². The van der Waals surface area contributed by atoms with Gasteiger partial charge < -0.3 is 9.64 Å². The average molecular weight is 185 g/mol. The van der Waals surface area contributed by atoms with Gasteiger partial charge in [-0.15, -0.1) is 0 Å². The largest absolute Gasteiger partial charge is 0.380 e. The number of likely N-dealkylation sites (tertiary alicyclic amines) is 1. The molecular weight excluding hydrogens is 162 g/mol. The second kappa shape index (κ2) is 3.58. The molecule has 13 heavy (non-hydrogen) atoms. The Morgan fingerprint density at radius 3 is 2.23 bits per heavy atom. The van der Waals surface area contributed by atoms with Crippen molar-refractivity contribution in [2.24, 2.45) is 10.8 Å². The van der Waals surface area contributed by atoms with Crippen molar-refractivity contribution in [3.8, 4) is 0 Å². The second-order valence-electron chi connectivity index (χ2n) is 6.04. The molecular formula is C11H23NO. The lowest BCUT2D eigenvalue weighted by atomic mass is 9.83. The highest BCUT2D eigenvalue weighted by Crippen LogP contribution is 2.29. The van der Waals surface area contributed by atoms with E-state index < -0.39 is 0 Å². The van der Waals surface area contributed by atoms with Gasteiger partial charge in [-0.3, -0.25) is 0 Å². The van der Waals surface area contributed by atoms with Gasteiger partial charge in [-0.2, -0.15) is 0 Å². The Hall–Kier alpha value is -0.0800. The number of rotatable bonds is 3. The van der Waals surface area contributed by atoms with Gasteiger partial charge in [0.2, 0.25) is 0 Å². The lowest BCUT2D eigenvalue weighted by Gasteiger charge is -2.46. The first-order valence-corrected chi connectivity index (χ1v) is 5.07. The maximum atomic E-state index is 5.73. The van der Waals surface area contributed by atoms with Crippen LogP contribution in [-0.4, -0.2) is 38.3 Å². The Balaban J connectivity index is 2.13. The fraction of sp³-hybridized carbons (Fsp3) is 1.00. The third-order valence-corrected chi connectivity index (χ3v) is 2.29. The van der Waals surface area contributed by atoms with E-state index in [2.05, 4.69) is 39.6 Å². The molecule has 1 heterocycles. The minimum Gasteiger partial charge on any atom is -0.380 e. The van der Waals surface area contributed by atoms with Crippen LogP contribution in [0, 0.1) is 10.8 Å². The maximum absolute atomic E-state index is 5.73. The van der Waals surface area contributed by atoms with Crippen LogP contribution < -0.4 is 0 Å². The SMILES string of the molecule is CN1CC(C)(COCC(C)(C)C)C1. The summed E-state index contributed by atoms with van der Waals surface area (Å²) in [5, 5.41) is 0. The summed E-state index contributed by atoms with van der Waals surface area (Å²) in [6.07, 6.45) is 0. The van der Waals surface area contributed by atoms with E-state index >= 15 is 0 Å². The van der Waals surface area contributed by atoms with Gasteiger partial charge in [0.1, 0.15) is 0 Å². The number of ether oxygens (including phenoxy) is 1. The quantitative estimate of drug-likeness (QED) is 0.667. The minimum absolute atomic E-state index is 0.298. The Morgan fingerprint density at radius 2 is 1.85 bits per heavy atom. The van der Waals surface area contributed by atoms with E-state index in [1.807, 2.05) is 0 Å². The van der Waals surface area contributed by atoms with E-state index in [1.54, 1.807) is 0 Å². The van der Waals surface area contributed by atoms with Crippen LogP contribution >= 0.6 is 0 Å². The first-order chi connectivity index (χ1) is 5.81. The summed E-state index contributed by atoms with van der Waals surface area (Å²) in [4.78, 5) is 2.33. The maximum Gasteiger partial charge on any atom is 0.0544 e. The Labute approximate surface area is 82.3 Å². The molecule has 0 aromatic heterocycles. The van der Waals surface area contributed by atoms with Crippen molar-refractivity contribution >= 4 is 0 Å². The predicted molar refractivity (Wildman–Crippen MR) is 55.9 cm³/mol. The molecule has 0 aromatic carbocycles. The van der Waals surface area contributed by atoms with Gasteiger partial charge in [0.15, 0.2) is 0 Å². The summed E-state index contributed by atoms with van der Waals surface area (Å²) < 4.78 is 5.73. The van der Waals surface area contributed by atoms with Gasteiger partial charge >= 0.3 is 0 Å². The van der Waals surface area contributed by atoms with E-state index in [0.29, 0.717) is 10.8 Å². The Kier molecular flexibility index (Phi) is 3.03. The molecule has 0 atom stereocenters. The molecule has 1 aliphatic rings. The average Bonchev–Trinajstić information content (AvgIpc) is 1.80. The third-order valence-electron chi connectivity index (χ3n) is 2.29. The van der Waals surface area contributed by atoms with Crippen molar-refractivity contribution in [1.82, 2.24) is 4.90 Å². The van der Waals surface area contributed by atoms with Gasteiger partial charge in [-0.05, 0) is 12.5 Å². The lowest BCUT2D eigenvalue weighted by molar-refractivity contribution is -0.0565. The van der Waals surface area contributed by atoms with Crippen LogP contribution in [0.25, 0.3) is 0 Å². The fourth-order valence-corrected chi connectivity index (χ4v) is 1.95. The summed E-state index contributed by atoms with van der Waals surface area (Å²) in [6.45, 7) is 13.1. The molecule has 0 N–H and O–H groups in total. The number of hydrogen-bond donors (Lipinski definition) is 0. The second-order valence-corrected chi connectivity index (χ2v) is 6.04. The molecule has 2 nitrogen and oxygen atoms in total. The van der Waals surface area contributed by atoms with Crippen LogP contribution in [-0.2, 0) is 4.74 Å². The molecule has 1 aliphatic heterocycles. The van der Waals surface area contributed by atoms with Gasteiger partial charge in [-0.1, -0.05) is 27.7 Å². The normalized spacial score (nSPS) is 22.8. The zero-order chi connectivity index (χ0) is 10.1. The molecule has 0 aromatic rings. The van der Waals surface area contributed by atoms with Crippen molar-refractivity contribution in [1.29, 1.82) is 0 Å². The third kappa shape index (κ3) is 3.65. The van der Waals surface area contributed by atoms with Crippen LogP contribution in [0.15, 0.2) is 0 Å². The van der Waals surface area contributed by atoms with Crippen LogP contribution in [0.3, 0.4) is 0 Å². The van der Waals surface area contributed by atoms with Crippen molar-refractivity contribution in [2.45, 2.75) is 27.7 Å². The predicted octanol–water partition coefficient (Wildman–Crippen LogP) is 2.00.